The Kier molecular flexibility index (Phi) is 3.79. The Morgan fingerprint density at radius 3 is 3.06 bits per heavy atom. The van der Waals surface area contributed by atoms with Gasteiger partial charge in [-0.25, -0.2) is 9.78 Å². The summed E-state index contributed by atoms with van der Waals surface area (Å²) in [6, 6.07) is 3.37. The van der Waals surface area contributed by atoms with E-state index in [9.17, 15) is 4.79 Å². The van der Waals surface area contributed by atoms with Crippen molar-refractivity contribution in [1.82, 2.24) is 4.98 Å². The highest BCUT2D eigenvalue weighted by molar-refractivity contribution is 8.00. The lowest BCUT2D eigenvalue weighted by atomic mass is 10.3. The second-order valence-electron chi connectivity index (χ2n) is 3.93. The van der Waals surface area contributed by atoms with Gasteiger partial charge in [0.1, 0.15) is 5.82 Å². The van der Waals surface area contributed by atoms with Crippen molar-refractivity contribution in [1.29, 1.82) is 0 Å². The molecular formula is C11H13ClN2O2S. The number of anilines is 1. The van der Waals surface area contributed by atoms with Crippen LogP contribution in [-0.2, 0) is 0 Å². The number of aromatic carboxylic acids is 1. The second-order valence-corrected chi connectivity index (χ2v) is 5.89. The van der Waals surface area contributed by atoms with E-state index in [-0.39, 0.29) is 10.7 Å². The van der Waals surface area contributed by atoms with E-state index in [2.05, 4.69) is 16.8 Å². The smallest absolute Gasteiger partial charge is 0.356 e. The Morgan fingerprint density at radius 2 is 2.41 bits per heavy atom. The monoisotopic (exact) mass is 272 g/mol. The summed E-state index contributed by atoms with van der Waals surface area (Å²) in [7, 11) is 0. The maximum Gasteiger partial charge on any atom is 0.356 e. The first kappa shape index (κ1) is 12.5. The van der Waals surface area contributed by atoms with Gasteiger partial charge < -0.3 is 10.0 Å². The summed E-state index contributed by atoms with van der Waals surface area (Å²) in [6.07, 6.45) is 0. The molecule has 1 saturated heterocycles. The molecule has 6 heteroatoms. The molecule has 0 spiro atoms. The molecule has 1 aromatic rings. The van der Waals surface area contributed by atoms with E-state index in [1.165, 1.54) is 0 Å². The van der Waals surface area contributed by atoms with Crippen LogP contribution in [0.2, 0.25) is 5.02 Å². The lowest BCUT2D eigenvalue weighted by molar-refractivity contribution is 0.0691. The number of aromatic nitrogens is 1. The van der Waals surface area contributed by atoms with Gasteiger partial charge in [-0.05, 0) is 12.1 Å². The number of pyridine rings is 1. The molecule has 1 N–H and O–H groups in total. The van der Waals surface area contributed by atoms with E-state index < -0.39 is 5.97 Å². The van der Waals surface area contributed by atoms with Crippen molar-refractivity contribution < 1.29 is 9.90 Å². The van der Waals surface area contributed by atoms with Gasteiger partial charge in [-0.2, -0.15) is 11.8 Å². The van der Waals surface area contributed by atoms with Crippen molar-refractivity contribution in [2.45, 2.75) is 12.2 Å². The Hall–Kier alpha value is -0.940. The highest BCUT2D eigenvalue weighted by atomic mass is 35.5. The molecule has 1 aliphatic rings. The van der Waals surface area contributed by atoms with Crippen molar-refractivity contribution in [3.05, 3.63) is 22.8 Å². The fraction of sp³-hybridized carbons (Fsp3) is 0.455. The van der Waals surface area contributed by atoms with Crippen LogP contribution in [0.15, 0.2) is 12.1 Å². The predicted molar refractivity (Wildman–Crippen MR) is 70.3 cm³/mol. The maximum atomic E-state index is 11.0. The van der Waals surface area contributed by atoms with Crippen molar-refractivity contribution in [3.63, 3.8) is 0 Å². The number of thioether (sulfide) groups is 1. The van der Waals surface area contributed by atoms with E-state index in [0.29, 0.717) is 11.1 Å². The zero-order chi connectivity index (χ0) is 12.4. The summed E-state index contributed by atoms with van der Waals surface area (Å²) in [4.78, 5) is 17.2. The summed E-state index contributed by atoms with van der Waals surface area (Å²) >= 11 is 7.71. The number of carboxylic acid groups (broad SMARTS) is 1. The first-order chi connectivity index (χ1) is 8.08. The van der Waals surface area contributed by atoms with Crippen molar-refractivity contribution >= 4 is 35.1 Å². The number of rotatable bonds is 2. The zero-order valence-electron chi connectivity index (χ0n) is 9.39. The minimum Gasteiger partial charge on any atom is -0.476 e. The van der Waals surface area contributed by atoms with E-state index in [1.54, 1.807) is 12.1 Å². The molecule has 2 rings (SSSR count). The van der Waals surface area contributed by atoms with Gasteiger partial charge in [-0.3, -0.25) is 0 Å². The summed E-state index contributed by atoms with van der Waals surface area (Å²) in [5.74, 6) is 0.642. The van der Waals surface area contributed by atoms with Crippen LogP contribution in [0.3, 0.4) is 0 Å². The molecule has 1 unspecified atom stereocenters. The zero-order valence-corrected chi connectivity index (χ0v) is 11.0. The van der Waals surface area contributed by atoms with Crippen LogP contribution in [0.4, 0.5) is 5.82 Å². The van der Waals surface area contributed by atoms with Gasteiger partial charge in [-0.1, -0.05) is 18.5 Å². The van der Waals surface area contributed by atoms with Gasteiger partial charge in [0.05, 0.1) is 5.02 Å². The first-order valence-corrected chi connectivity index (χ1v) is 6.77. The SMILES string of the molecule is CC1CN(c2ccc(Cl)c(C(=O)O)n2)CCS1. The molecule has 0 aromatic carbocycles. The summed E-state index contributed by atoms with van der Waals surface area (Å²) < 4.78 is 0. The Bertz CT molecular complexity index is 441. The fourth-order valence-corrected chi connectivity index (χ4v) is 2.98. The summed E-state index contributed by atoms with van der Waals surface area (Å²) in [6.45, 7) is 3.94. The minimum absolute atomic E-state index is 0.0740. The van der Waals surface area contributed by atoms with Crippen LogP contribution in [0.1, 0.15) is 17.4 Å². The molecule has 1 fully saturated rings. The fourth-order valence-electron chi connectivity index (χ4n) is 1.78. The standard InChI is InChI=1S/C11H13ClN2O2S/c1-7-6-14(4-5-17-7)9-3-2-8(12)10(13-9)11(15)16/h2-3,7H,4-6H2,1H3,(H,15,16). The molecule has 1 aromatic heterocycles. The molecule has 0 bridgehead atoms. The normalized spacial score (nSPS) is 20.4. The maximum absolute atomic E-state index is 11.0. The van der Waals surface area contributed by atoms with Crippen LogP contribution in [-0.4, -0.2) is 40.2 Å². The highest BCUT2D eigenvalue weighted by Gasteiger charge is 2.20. The van der Waals surface area contributed by atoms with Crippen LogP contribution in [0.5, 0.6) is 0 Å². The average molecular weight is 273 g/mol. The molecular weight excluding hydrogens is 260 g/mol. The molecule has 0 saturated carbocycles. The van der Waals surface area contributed by atoms with Crippen molar-refractivity contribution in [2.75, 3.05) is 23.7 Å². The molecule has 17 heavy (non-hydrogen) atoms. The number of halogens is 1. The van der Waals surface area contributed by atoms with Crippen LogP contribution < -0.4 is 4.90 Å². The van der Waals surface area contributed by atoms with Crippen molar-refractivity contribution in [2.24, 2.45) is 0 Å². The molecule has 0 amide bonds. The Morgan fingerprint density at radius 1 is 1.65 bits per heavy atom. The minimum atomic E-state index is -1.09. The van der Waals surface area contributed by atoms with Gasteiger partial charge in [-0.15, -0.1) is 0 Å². The van der Waals surface area contributed by atoms with Gasteiger partial charge >= 0.3 is 5.97 Å². The Balaban J connectivity index is 2.26. The second kappa shape index (κ2) is 5.14. The molecule has 92 valence electrons. The third-order valence-electron chi connectivity index (χ3n) is 2.60. The van der Waals surface area contributed by atoms with Crippen LogP contribution in [0.25, 0.3) is 0 Å². The van der Waals surface area contributed by atoms with Gasteiger partial charge in [0.25, 0.3) is 0 Å². The van der Waals surface area contributed by atoms with E-state index in [0.717, 1.165) is 18.8 Å². The van der Waals surface area contributed by atoms with Crippen molar-refractivity contribution in [3.8, 4) is 0 Å². The van der Waals surface area contributed by atoms with Gasteiger partial charge in [0, 0.05) is 24.1 Å². The van der Waals surface area contributed by atoms with Crippen LogP contribution in [0, 0.1) is 0 Å². The largest absolute Gasteiger partial charge is 0.476 e. The third-order valence-corrected chi connectivity index (χ3v) is 4.04. The predicted octanol–water partition coefficient (Wildman–Crippen LogP) is 2.37. The number of nitrogens with zero attached hydrogens (tertiary/aromatic N) is 2. The molecule has 1 atom stereocenters. The van der Waals surface area contributed by atoms with E-state index in [4.69, 9.17) is 16.7 Å². The molecule has 4 nitrogen and oxygen atoms in total. The summed E-state index contributed by atoms with van der Waals surface area (Å²) in [5.41, 5.74) is -0.0740. The van der Waals surface area contributed by atoms with E-state index in [1.807, 2.05) is 11.8 Å². The van der Waals surface area contributed by atoms with Gasteiger partial charge in [0.15, 0.2) is 5.69 Å². The molecule has 0 aliphatic carbocycles. The Labute approximate surface area is 109 Å². The third kappa shape index (κ3) is 2.84. The summed E-state index contributed by atoms with van der Waals surface area (Å²) in [5, 5.41) is 9.69. The first-order valence-electron chi connectivity index (χ1n) is 5.34. The number of carbonyl (C=O) groups is 1. The van der Waals surface area contributed by atoms with Gasteiger partial charge in [0.2, 0.25) is 0 Å². The molecule has 0 radical (unpaired) electrons. The van der Waals surface area contributed by atoms with E-state index >= 15 is 0 Å². The average Bonchev–Trinajstić information content (AvgIpc) is 2.29. The lowest BCUT2D eigenvalue weighted by Crippen LogP contribution is -2.37. The number of hydrogen-bond acceptors (Lipinski definition) is 4. The number of hydrogen-bond donors (Lipinski definition) is 1. The molecule has 1 aliphatic heterocycles. The number of carboxylic acids is 1. The quantitative estimate of drug-likeness (QED) is 0.896. The topological polar surface area (TPSA) is 53.4 Å². The van der Waals surface area contributed by atoms with Crippen LogP contribution >= 0.6 is 23.4 Å². The molecule has 2 heterocycles. The highest BCUT2D eigenvalue weighted by Crippen LogP contribution is 2.24. The lowest BCUT2D eigenvalue weighted by Gasteiger charge is -2.31.